The topological polar surface area (TPSA) is 119 Å². The average Bonchev–Trinajstić information content (AvgIpc) is 4.09. The molecule has 0 spiro atoms. The van der Waals surface area contributed by atoms with Gasteiger partial charge in [0, 0.05) is 83.1 Å². The number of benzene rings is 6. The summed E-state index contributed by atoms with van der Waals surface area (Å²) in [6.45, 7) is 4.47. The van der Waals surface area contributed by atoms with Crippen LogP contribution in [0, 0.1) is 0 Å². The Morgan fingerprint density at radius 3 is 1.50 bits per heavy atom. The molecule has 0 atom stereocenters. The van der Waals surface area contributed by atoms with Gasteiger partial charge >= 0.3 is 0 Å². The first-order valence-electron chi connectivity index (χ1n) is 30.9. The molecule has 12 aromatic rings. The smallest absolute Gasteiger partial charge is 0.273 e. The fourth-order valence-corrected chi connectivity index (χ4v) is 13.6. The van der Waals surface area contributed by atoms with Gasteiger partial charge in [-0.1, -0.05) is 109 Å². The maximum absolute atomic E-state index is 13.0. The van der Waals surface area contributed by atoms with Crippen LogP contribution in [0.25, 0.3) is 49.8 Å². The van der Waals surface area contributed by atoms with Gasteiger partial charge in [-0.15, -0.1) is 0 Å². The van der Waals surface area contributed by atoms with E-state index in [1.54, 1.807) is 38.2 Å². The second-order valence-electron chi connectivity index (χ2n) is 23.1. The van der Waals surface area contributed by atoms with E-state index in [-0.39, 0.29) is 16.7 Å². The van der Waals surface area contributed by atoms with Crippen LogP contribution in [0.5, 0.6) is 17.2 Å². The molecule has 88 heavy (non-hydrogen) atoms. The quantitative estimate of drug-likeness (QED) is 0.123. The molecule has 0 amide bonds. The standard InChI is InChI=1S/C26H26N2O2.C25H23BrN2O2.C24H22N2O2/c1-2-27-24-11-7-6-10-22(24)23-13-12-20(16-25(23)27)28-15-14-21(17-26(28)29)30-18-19-8-4-3-5-9-19;1-27-21-10-6-5-9-19(21)20-12-11-18(15-22(20)27)28-14-13-23(24(26)25(28)29)30-16-17-7-3-2-4-8-17;27-24-15-19(28-16-17-6-2-1-3-7-17)12-13-26(24)18-10-11-21-20-8-4-5-9-22(20)25-23(21)14-18/h3-5,8-9,12-17H,2,6-7,10-11,18H2,1H3;2-4,7-8,11-15H,5-6,9-10,16H2,1H3;1-3,6-7,10-15,25H,4-5,8-9,16H2. The van der Waals surface area contributed by atoms with Crippen LogP contribution >= 0.6 is 15.9 Å². The molecule has 0 fully saturated rings. The average molecular weight is 1230 g/mol. The molecule has 6 aromatic heterocycles. The molecule has 13 heteroatoms. The highest BCUT2D eigenvalue weighted by Crippen LogP contribution is 2.36. The predicted molar refractivity (Wildman–Crippen MR) is 356 cm³/mol. The molecule has 0 unspecified atom stereocenters. The summed E-state index contributed by atoms with van der Waals surface area (Å²) in [4.78, 5) is 42.1. The van der Waals surface area contributed by atoms with Crippen molar-refractivity contribution in [3.63, 3.8) is 0 Å². The molecule has 3 aliphatic carbocycles. The normalized spacial score (nSPS) is 13.4. The number of hydrogen-bond donors (Lipinski definition) is 1. The molecule has 15 rings (SSSR count). The van der Waals surface area contributed by atoms with Gasteiger partial charge in [-0.05, 0) is 188 Å². The summed E-state index contributed by atoms with van der Waals surface area (Å²) in [5, 5.41) is 3.94. The van der Waals surface area contributed by atoms with E-state index in [1.807, 2.05) is 128 Å². The van der Waals surface area contributed by atoms with Crippen LogP contribution in [0.1, 0.15) is 95.9 Å². The molecule has 3 aliphatic rings. The van der Waals surface area contributed by atoms with E-state index in [4.69, 9.17) is 14.2 Å². The Kier molecular flexibility index (Phi) is 17.0. The zero-order chi connectivity index (χ0) is 60.1. The third-order valence-corrected chi connectivity index (χ3v) is 18.3. The lowest BCUT2D eigenvalue weighted by Crippen LogP contribution is -2.19. The van der Waals surface area contributed by atoms with Crippen LogP contribution in [-0.2, 0) is 71.9 Å². The van der Waals surface area contributed by atoms with Gasteiger partial charge in [0.25, 0.3) is 16.7 Å². The summed E-state index contributed by atoms with van der Waals surface area (Å²) in [6, 6.07) is 57.5. The highest BCUT2D eigenvalue weighted by molar-refractivity contribution is 9.10. The van der Waals surface area contributed by atoms with Crippen LogP contribution in [0.2, 0.25) is 0 Å². The Hall–Kier alpha value is -9.33. The van der Waals surface area contributed by atoms with Gasteiger partial charge in [0.2, 0.25) is 0 Å². The van der Waals surface area contributed by atoms with Crippen LogP contribution in [-0.4, -0.2) is 27.8 Å². The fraction of sp³-hybridized carbons (Fsp3) is 0.240. The third-order valence-electron chi connectivity index (χ3n) is 17.6. The van der Waals surface area contributed by atoms with E-state index >= 15 is 0 Å². The molecule has 6 heterocycles. The van der Waals surface area contributed by atoms with Crippen LogP contribution in [0.3, 0.4) is 0 Å². The fourth-order valence-electron chi connectivity index (χ4n) is 13.1. The minimum atomic E-state index is -0.126. The van der Waals surface area contributed by atoms with Crippen molar-refractivity contribution in [2.45, 2.75) is 110 Å². The second-order valence-corrected chi connectivity index (χ2v) is 23.9. The van der Waals surface area contributed by atoms with Crippen molar-refractivity contribution in [1.82, 2.24) is 27.8 Å². The Balaban J connectivity index is 0.000000122. The summed E-state index contributed by atoms with van der Waals surface area (Å²) in [5.41, 5.74) is 17.8. The Labute approximate surface area is 520 Å². The Morgan fingerprint density at radius 2 is 0.920 bits per heavy atom. The van der Waals surface area contributed by atoms with Crippen molar-refractivity contribution in [2.24, 2.45) is 7.05 Å². The molecule has 0 radical (unpaired) electrons. The Morgan fingerprint density at radius 1 is 0.455 bits per heavy atom. The van der Waals surface area contributed by atoms with E-state index in [0.29, 0.717) is 41.5 Å². The minimum Gasteiger partial charge on any atom is -0.489 e. The van der Waals surface area contributed by atoms with Gasteiger partial charge in [0.05, 0.1) is 28.1 Å². The van der Waals surface area contributed by atoms with Crippen molar-refractivity contribution in [2.75, 3.05) is 0 Å². The van der Waals surface area contributed by atoms with E-state index in [0.717, 1.165) is 84.3 Å². The number of nitrogens with one attached hydrogen (secondary N) is 1. The van der Waals surface area contributed by atoms with Gasteiger partial charge in [-0.2, -0.15) is 0 Å². The molecule has 444 valence electrons. The number of rotatable bonds is 13. The third kappa shape index (κ3) is 12.1. The molecular weight excluding hydrogens is 1160 g/mol. The lowest BCUT2D eigenvalue weighted by Gasteiger charge is -2.14. The lowest BCUT2D eigenvalue weighted by molar-refractivity contribution is 0.303. The summed E-state index contributed by atoms with van der Waals surface area (Å²) >= 11 is 3.45. The molecule has 1 N–H and O–H groups in total. The maximum atomic E-state index is 13.0. The van der Waals surface area contributed by atoms with E-state index in [2.05, 4.69) is 86.5 Å². The van der Waals surface area contributed by atoms with Gasteiger partial charge in [0.15, 0.2) is 0 Å². The van der Waals surface area contributed by atoms with Crippen LogP contribution < -0.4 is 30.9 Å². The lowest BCUT2D eigenvalue weighted by atomic mass is 9.95. The first-order chi connectivity index (χ1) is 43.1. The molecule has 12 nitrogen and oxygen atoms in total. The van der Waals surface area contributed by atoms with Crippen LogP contribution in [0.15, 0.2) is 213 Å². The first-order valence-corrected chi connectivity index (χ1v) is 31.7. The number of aromatic nitrogens is 6. The van der Waals surface area contributed by atoms with Crippen molar-refractivity contribution in [1.29, 1.82) is 0 Å². The van der Waals surface area contributed by atoms with Crippen LogP contribution in [0.4, 0.5) is 0 Å². The van der Waals surface area contributed by atoms with Gasteiger partial charge in [-0.25, -0.2) is 0 Å². The summed E-state index contributed by atoms with van der Waals surface area (Å²) in [5.74, 6) is 1.73. The van der Waals surface area contributed by atoms with Gasteiger partial charge < -0.3 is 28.3 Å². The first kappa shape index (κ1) is 57.7. The molecular formula is C75H71BrN6O6. The van der Waals surface area contributed by atoms with Crippen molar-refractivity contribution >= 4 is 48.6 Å². The van der Waals surface area contributed by atoms with Gasteiger partial charge in [-0.3, -0.25) is 28.1 Å². The SMILES string of the molecule is CCn1c2c(c3ccc(-n4ccc(OCc5ccccc5)cc4=O)cc31)CCCC2.Cn1c2c(c3ccc(-n4ccc(OCc5ccccc5)c(Br)c4=O)cc31)CCCC2.O=c1cc(OCc2ccccc2)ccn1-c1ccc2c3c([nH]c2c1)CCCC3. The number of hydrogen-bond acceptors (Lipinski definition) is 6. The zero-order valence-corrected chi connectivity index (χ0v) is 51.4. The second kappa shape index (κ2) is 25.9. The minimum absolute atomic E-state index is 0.0840. The zero-order valence-electron chi connectivity index (χ0n) is 49.9. The molecule has 0 saturated heterocycles. The number of fused-ring (bicyclic) bond motifs is 9. The molecule has 0 bridgehead atoms. The summed E-state index contributed by atoms with van der Waals surface area (Å²) < 4.78 is 27.6. The molecule has 6 aromatic carbocycles. The number of H-pyrrole nitrogens is 1. The predicted octanol–water partition coefficient (Wildman–Crippen LogP) is 15.6. The highest BCUT2D eigenvalue weighted by atomic mass is 79.9. The van der Waals surface area contributed by atoms with Crippen molar-refractivity contribution in [3.8, 4) is 34.3 Å². The molecule has 0 saturated carbocycles. The van der Waals surface area contributed by atoms with E-state index in [1.165, 1.54) is 99.5 Å². The number of halogens is 1. The Bertz CT molecular complexity index is 4670. The molecule has 0 aliphatic heterocycles. The number of aromatic amines is 1. The number of nitrogens with zero attached hydrogens (tertiary/aromatic N) is 5. The monoisotopic (exact) mass is 1230 g/mol. The van der Waals surface area contributed by atoms with Gasteiger partial charge in [0.1, 0.15) is 41.5 Å². The summed E-state index contributed by atoms with van der Waals surface area (Å²) in [6.07, 6.45) is 19.8. The number of aryl methyl sites for hydroxylation is 6. The highest BCUT2D eigenvalue weighted by Gasteiger charge is 2.22. The number of pyridine rings is 3. The summed E-state index contributed by atoms with van der Waals surface area (Å²) in [7, 11) is 2.13. The van der Waals surface area contributed by atoms with Crippen molar-refractivity contribution in [3.05, 3.63) is 281 Å². The van der Waals surface area contributed by atoms with Crippen molar-refractivity contribution < 1.29 is 14.2 Å². The maximum Gasteiger partial charge on any atom is 0.273 e. The van der Waals surface area contributed by atoms with E-state index in [9.17, 15) is 14.4 Å². The van der Waals surface area contributed by atoms with E-state index < -0.39 is 0 Å². The largest absolute Gasteiger partial charge is 0.489 e. The number of ether oxygens (including phenoxy) is 3.